The molecule has 0 radical (unpaired) electrons. The van der Waals surface area contributed by atoms with Gasteiger partial charge in [0.05, 0.1) is 13.2 Å². The van der Waals surface area contributed by atoms with Crippen LogP contribution in [0, 0.1) is 6.42 Å². The summed E-state index contributed by atoms with van der Waals surface area (Å²) >= 11 is 3.42. The van der Waals surface area contributed by atoms with Gasteiger partial charge in [-0.3, -0.25) is 4.79 Å². The fourth-order valence-corrected chi connectivity index (χ4v) is 3.28. The third-order valence-electron chi connectivity index (χ3n) is 4.82. The van der Waals surface area contributed by atoms with Gasteiger partial charge in [0.1, 0.15) is 0 Å². The second kappa shape index (κ2) is 13.3. The van der Waals surface area contributed by atoms with Gasteiger partial charge in [-0.05, 0) is 56.4 Å². The van der Waals surface area contributed by atoms with Gasteiger partial charge >= 0.3 is 23.1 Å². The van der Waals surface area contributed by atoms with Gasteiger partial charge in [-0.25, -0.2) is 12.8 Å². The van der Waals surface area contributed by atoms with E-state index in [0.717, 1.165) is 21.5 Å². The number of Topliss-reactive ketones (excluding diaryl/α,β-unsaturated/α-hetero) is 1. The minimum Gasteiger partial charge on any atom is -1.00 e. The molecule has 1 saturated heterocycles. The molecule has 0 atom stereocenters. The maximum absolute atomic E-state index is 11.0. The van der Waals surface area contributed by atoms with Crippen LogP contribution >= 0.6 is 15.9 Å². The molecular formula is C24H28Br2MgO3. The molecule has 0 N–H and O–H groups in total. The summed E-state index contributed by atoms with van der Waals surface area (Å²) in [7, 11) is 0. The van der Waals surface area contributed by atoms with Gasteiger partial charge in [0.15, 0.2) is 11.6 Å². The number of carbonyl (C=O) groups excluding carboxylic acids is 1. The number of ketones is 1. The molecule has 0 amide bonds. The van der Waals surface area contributed by atoms with E-state index in [1.807, 2.05) is 49.4 Å². The number of carbonyl (C=O) groups is 1. The van der Waals surface area contributed by atoms with Crippen LogP contribution in [-0.2, 0) is 15.3 Å². The zero-order valence-corrected chi connectivity index (χ0v) is 22.3. The van der Waals surface area contributed by atoms with Crippen LogP contribution in [0.5, 0.6) is 0 Å². The molecule has 2 aromatic rings. The van der Waals surface area contributed by atoms with E-state index in [4.69, 9.17) is 9.47 Å². The van der Waals surface area contributed by atoms with Crippen molar-refractivity contribution < 1.29 is 31.2 Å². The Balaban J connectivity index is 0.000000249. The second-order valence-corrected chi connectivity index (χ2v) is 8.39. The van der Waals surface area contributed by atoms with E-state index < -0.39 is 5.79 Å². The van der Waals surface area contributed by atoms with Crippen molar-refractivity contribution in [2.24, 2.45) is 0 Å². The van der Waals surface area contributed by atoms with E-state index in [-0.39, 0.29) is 45.8 Å². The smallest absolute Gasteiger partial charge is 1.00 e. The van der Waals surface area contributed by atoms with Gasteiger partial charge in [-0.2, -0.15) is 0 Å². The van der Waals surface area contributed by atoms with Gasteiger partial charge < -0.3 is 32.9 Å². The van der Waals surface area contributed by atoms with Crippen molar-refractivity contribution >= 4 is 44.8 Å². The van der Waals surface area contributed by atoms with Gasteiger partial charge in [0.25, 0.3) is 0 Å². The minimum atomic E-state index is -0.552. The molecule has 2 saturated carbocycles. The fraction of sp³-hybridized carbons (Fsp3) is 0.417. The topological polar surface area (TPSA) is 35.5 Å². The van der Waals surface area contributed by atoms with Crippen molar-refractivity contribution in [1.82, 2.24) is 0 Å². The first-order chi connectivity index (χ1) is 13.5. The Morgan fingerprint density at radius 2 is 1.67 bits per heavy atom. The second-order valence-electron chi connectivity index (χ2n) is 7.47. The third kappa shape index (κ3) is 9.09. The Morgan fingerprint density at radius 1 is 1.07 bits per heavy atom. The van der Waals surface area contributed by atoms with Crippen molar-refractivity contribution in [3.05, 3.63) is 76.1 Å². The predicted octanol–water partition coefficient (Wildman–Crippen LogP) is 3.04. The van der Waals surface area contributed by atoms with Gasteiger partial charge in [0, 0.05) is 15.6 Å². The molecule has 3 nitrogen and oxygen atoms in total. The zero-order valence-electron chi connectivity index (χ0n) is 17.7. The van der Waals surface area contributed by atoms with Crippen LogP contribution in [0.2, 0.25) is 0 Å². The Bertz CT molecular complexity index is 798. The van der Waals surface area contributed by atoms with Crippen molar-refractivity contribution in [2.45, 2.75) is 51.2 Å². The van der Waals surface area contributed by atoms with Crippen LogP contribution in [-0.4, -0.2) is 42.0 Å². The SMILES string of the molecule is CC(=O)c1cccc(C2CC2)c1.CC1(c2cccc(Br)c2)OCCO1.[Br-].[CH-]1CC1.[Mg+2]. The largest absolute Gasteiger partial charge is 2.00 e. The standard InChI is InChI=1S/C11H12O.C10H11BrO2.C3H5.BrH.Mg/c1-8(12)10-3-2-4-11(7-10)9-5-6-9;1-10(12-5-6-13-10)8-3-2-4-9(11)7-8;1-2-3-1;;/h2-4,7,9H,5-6H2,1H3;2-4,7H,5-6H2,1H3;1H,2-3H2;1H;/q;;-1;;+2/p-1. The summed E-state index contributed by atoms with van der Waals surface area (Å²) in [6, 6.07) is 16.0. The molecule has 2 aliphatic carbocycles. The number of ether oxygens (including phenoxy) is 2. The molecule has 158 valence electrons. The average molecular weight is 549 g/mol. The van der Waals surface area contributed by atoms with E-state index in [1.165, 1.54) is 31.2 Å². The molecule has 0 aromatic heterocycles. The molecular weight excluding hydrogens is 520 g/mol. The summed E-state index contributed by atoms with van der Waals surface area (Å²) in [6.45, 7) is 4.90. The van der Waals surface area contributed by atoms with Crippen LogP contribution in [0.3, 0.4) is 0 Å². The Kier molecular flexibility index (Phi) is 12.4. The molecule has 3 fully saturated rings. The maximum atomic E-state index is 11.0. The van der Waals surface area contributed by atoms with Crippen molar-refractivity contribution in [2.75, 3.05) is 13.2 Å². The normalized spacial score (nSPS) is 17.7. The number of hydrogen-bond acceptors (Lipinski definition) is 3. The molecule has 3 aliphatic rings. The summed E-state index contributed by atoms with van der Waals surface area (Å²) < 4.78 is 12.1. The van der Waals surface area contributed by atoms with E-state index in [2.05, 4.69) is 28.4 Å². The summed E-state index contributed by atoms with van der Waals surface area (Å²) in [5.74, 6) is 0.353. The molecule has 2 aromatic carbocycles. The number of rotatable bonds is 3. The molecule has 0 unspecified atom stereocenters. The molecule has 30 heavy (non-hydrogen) atoms. The van der Waals surface area contributed by atoms with Crippen LogP contribution in [0.4, 0.5) is 0 Å². The Morgan fingerprint density at radius 3 is 2.17 bits per heavy atom. The molecule has 6 heteroatoms. The van der Waals surface area contributed by atoms with Gasteiger partial charge in [-0.1, -0.05) is 46.3 Å². The zero-order chi connectivity index (χ0) is 20.0. The average Bonchev–Trinajstić information content (AvgIpc) is 3.61. The predicted molar refractivity (Wildman–Crippen MR) is 121 cm³/mol. The summed E-state index contributed by atoms with van der Waals surface area (Å²) in [5, 5.41) is 0. The Hall–Kier alpha value is -0.244. The first-order valence-corrected chi connectivity index (χ1v) is 10.7. The molecule has 0 bridgehead atoms. The minimum absolute atomic E-state index is 0. The first-order valence-electron chi connectivity index (χ1n) is 9.94. The molecule has 0 spiro atoms. The third-order valence-corrected chi connectivity index (χ3v) is 5.31. The van der Waals surface area contributed by atoms with Crippen LogP contribution in [0.25, 0.3) is 0 Å². The first kappa shape index (κ1) is 27.8. The van der Waals surface area contributed by atoms with Gasteiger partial charge in [0.2, 0.25) is 0 Å². The van der Waals surface area contributed by atoms with E-state index in [9.17, 15) is 4.79 Å². The van der Waals surface area contributed by atoms with Crippen LogP contribution in [0.15, 0.2) is 53.0 Å². The molecule has 1 heterocycles. The number of benzene rings is 2. The number of halogens is 2. The van der Waals surface area contributed by atoms with E-state index in [1.54, 1.807) is 6.92 Å². The maximum Gasteiger partial charge on any atom is 2.00 e. The molecule has 1 aliphatic heterocycles. The van der Waals surface area contributed by atoms with Crippen LogP contribution in [0.1, 0.15) is 66.9 Å². The fourth-order valence-electron chi connectivity index (χ4n) is 2.88. The van der Waals surface area contributed by atoms with Gasteiger partial charge in [-0.15, -0.1) is 0 Å². The van der Waals surface area contributed by atoms with E-state index in [0.29, 0.717) is 13.2 Å². The summed E-state index contributed by atoms with van der Waals surface area (Å²) in [6.07, 6.45) is 7.59. The number of hydrogen-bond donors (Lipinski definition) is 0. The van der Waals surface area contributed by atoms with Crippen molar-refractivity contribution in [3.63, 3.8) is 0 Å². The molecule has 5 rings (SSSR count). The van der Waals surface area contributed by atoms with Crippen LogP contribution < -0.4 is 17.0 Å². The quantitative estimate of drug-likeness (QED) is 0.336. The van der Waals surface area contributed by atoms with Crippen molar-refractivity contribution in [3.8, 4) is 0 Å². The summed E-state index contributed by atoms with van der Waals surface area (Å²) in [5.41, 5.74) is 3.24. The van der Waals surface area contributed by atoms with Crippen molar-refractivity contribution in [1.29, 1.82) is 0 Å². The monoisotopic (exact) mass is 546 g/mol. The summed E-state index contributed by atoms with van der Waals surface area (Å²) in [4.78, 5) is 11.0. The van der Waals surface area contributed by atoms with E-state index >= 15 is 0 Å². The Labute approximate surface area is 215 Å².